The van der Waals surface area contributed by atoms with Gasteiger partial charge in [0.2, 0.25) is 0 Å². The van der Waals surface area contributed by atoms with E-state index in [1.165, 1.54) is 13.2 Å². The molecule has 1 heterocycles. The highest BCUT2D eigenvalue weighted by Gasteiger charge is 2.17. The molecule has 0 unspecified atom stereocenters. The second-order valence-electron chi connectivity index (χ2n) is 3.52. The monoisotopic (exact) mass is 245 g/mol. The fourth-order valence-electron chi connectivity index (χ4n) is 1.77. The zero-order valence-electron chi connectivity index (χ0n) is 8.88. The van der Waals surface area contributed by atoms with Crippen LogP contribution in [-0.4, -0.2) is 19.6 Å². The first kappa shape index (κ1) is 12.9. The lowest BCUT2D eigenvalue weighted by molar-refractivity contribution is 0.0595. The molecule has 0 bridgehead atoms. The third-order valence-corrected chi connectivity index (χ3v) is 2.58. The van der Waals surface area contributed by atoms with Crippen molar-refractivity contribution in [3.05, 3.63) is 34.6 Å². The van der Waals surface area contributed by atoms with E-state index in [-0.39, 0.29) is 18.0 Å². The maximum atomic E-state index is 13.5. The predicted octanol–water partition coefficient (Wildman–Crippen LogP) is 1.68. The van der Waals surface area contributed by atoms with Gasteiger partial charge in [-0.25, -0.2) is 9.18 Å². The fraction of sp³-hybridized carbons (Fsp3) is 0.364. The van der Waals surface area contributed by atoms with Crippen molar-refractivity contribution in [1.82, 2.24) is 5.32 Å². The standard InChI is InChI=1S/C11H12FNO2.ClH/c1-15-11(14)9-4-8-6-13-3-2-7(8)5-10(9)12;/h4-5,13H,2-3,6H2,1H3;1H. The smallest absolute Gasteiger partial charge is 0.340 e. The van der Waals surface area contributed by atoms with Gasteiger partial charge in [0.25, 0.3) is 0 Å². The number of methoxy groups -OCH3 is 1. The van der Waals surface area contributed by atoms with Crippen LogP contribution in [0, 0.1) is 5.82 Å². The van der Waals surface area contributed by atoms with Crippen LogP contribution in [0.5, 0.6) is 0 Å². The van der Waals surface area contributed by atoms with Gasteiger partial charge in [-0.05, 0) is 36.2 Å². The number of fused-ring (bicyclic) bond motifs is 1. The van der Waals surface area contributed by atoms with Gasteiger partial charge in [0.05, 0.1) is 12.7 Å². The molecule has 1 aromatic carbocycles. The Balaban J connectivity index is 0.00000128. The summed E-state index contributed by atoms with van der Waals surface area (Å²) in [7, 11) is 1.25. The molecule has 0 saturated heterocycles. The second kappa shape index (κ2) is 5.27. The molecule has 1 aliphatic rings. The molecule has 0 saturated carbocycles. The molecule has 0 aromatic heterocycles. The molecule has 0 aliphatic carbocycles. The minimum absolute atomic E-state index is 0. The SMILES string of the molecule is COC(=O)c1cc2c(cc1F)CCNC2.Cl. The predicted molar refractivity (Wildman–Crippen MR) is 60.4 cm³/mol. The van der Waals surface area contributed by atoms with E-state index in [0.717, 1.165) is 24.1 Å². The molecule has 3 nitrogen and oxygen atoms in total. The number of benzene rings is 1. The van der Waals surface area contributed by atoms with Crippen molar-refractivity contribution in [3.63, 3.8) is 0 Å². The van der Waals surface area contributed by atoms with Gasteiger partial charge in [0.1, 0.15) is 5.82 Å². The van der Waals surface area contributed by atoms with Gasteiger partial charge in [-0.3, -0.25) is 0 Å². The van der Waals surface area contributed by atoms with E-state index in [1.807, 2.05) is 0 Å². The van der Waals surface area contributed by atoms with Crippen molar-refractivity contribution in [2.75, 3.05) is 13.7 Å². The summed E-state index contributed by atoms with van der Waals surface area (Å²) in [6, 6.07) is 3.01. The summed E-state index contributed by atoms with van der Waals surface area (Å²) in [5.74, 6) is -1.12. The Morgan fingerprint density at radius 1 is 1.44 bits per heavy atom. The average molecular weight is 246 g/mol. The molecule has 16 heavy (non-hydrogen) atoms. The number of ether oxygens (including phenoxy) is 1. The summed E-state index contributed by atoms with van der Waals surface area (Å²) < 4.78 is 18.0. The lowest BCUT2D eigenvalue weighted by atomic mass is 9.98. The average Bonchev–Trinajstić information content (AvgIpc) is 2.27. The first-order chi connectivity index (χ1) is 7.22. The van der Waals surface area contributed by atoms with E-state index >= 15 is 0 Å². The lowest BCUT2D eigenvalue weighted by Crippen LogP contribution is -2.24. The highest BCUT2D eigenvalue weighted by molar-refractivity contribution is 5.90. The third-order valence-electron chi connectivity index (χ3n) is 2.58. The Morgan fingerprint density at radius 3 is 2.88 bits per heavy atom. The topological polar surface area (TPSA) is 38.3 Å². The summed E-state index contributed by atoms with van der Waals surface area (Å²) in [6.45, 7) is 1.53. The van der Waals surface area contributed by atoms with Crippen LogP contribution in [0.2, 0.25) is 0 Å². The van der Waals surface area contributed by atoms with E-state index in [9.17, 15) is 9.18 Å². The van der Waals surface area contributed by atoms with Crippen molar-refractivity contribution < 1.29 is 13.9 Å². The normalized spacial score (nSPS) is 13.6. The number of carbonyl (C=O) groups excluding carboxylic acids is 1. The van der Waals surface area contributed by atoms with Gasteiger partial charge in [0, 0.05) is 6.54 Å². The molecular formula is C11H13ClFNO2. The molecule has 88 valence electrons. The van der Waals surface area contributed by atoms with E-state index in [1.54, 1.807) is 6.07 Å². The van der Waals surface area contributed by atoms with Gasteiger partial charge in [-0.1, -0.05) is 0 Å². The molecule has 0 atom stereocenters. The van der Waals surface area contributed by atoms with Gasteiger partial charge in [-0.2, -0.15) is 0 Å². The Bertz CT molecular complexity index is 409. The number of rotatable bonds is 1. The lowest BCUT2D eigenvalue weighted by Gasteiger charge is -2.17. The third kappa shape index (κ3) is 2.33. The summed E-state index contributed by atoms with van der Waals surface area (Å²) in [5.41, 5.74) is 1.96. The Kier molecular flexibility index (Phi) is 4.26. The van der Waals surface area contributed by atoms with Crippen LogP contribution >= 0.6 is 12.4 Å². The molecule has 1 aromatic rings. The Morgan fingerprint density at radius 2 is 2.19 bits per heavy atom. The molecule has 1 N–H and O–H groups in total. The largest absolute Gasteiger partial charge is 0.465 e. The van der Waals surface area contributed by atoms with Crippen molar-refractivity contribution in [3.8, 4) is 0 Å². The maximum absolute atomic E-state index is 13.5. The van der Waals surface area contributed by atoms with E-state index in [2.05, 4.69) is 10.1 Å². The maximum Gasteiger partial charge on any atom is 0.340 e. The number of halogens is 2. The van der Waals surface area contributed by atoms with Gasteiger partial charge >= 0.3 is 5.97 Å². The molecule has 5 heteroatoms. The Hall–Kier alpha value is -1.13. The highest BCUT2D eigenvalue weighted by Crippen LogP contribution is 2.19. The van der Waals surface area contributed by atoms with Gasteiger partial charge < -0.3 is 10.1 Å². The quantitative estimate of drug-likeness (QED) is 0.765. The molecule has 2 rings (SSSR count). The highest BCUT2D eigenvalue weighted by atomic mass is 35.5. The Labute approximate surface area is 99.4 Å². The molecule has 0 spiro atoms. The zero-order valence-corrected chi connectivity index (χ0v) is 9.70. The minimum Gasteiger partial charge on any atom is -0.465 e. The van der Waals surface area contributed by atoms with Crippen LogP contribution in [0.3, 0.4) is 0 Å². The van der Waals surface area contributed by atoms with E-state index in [0.29, 0.717) is 6.54 Å². The van der Waals surface area contributed by atoms with E-state index < -0.39 is 11.8 Å². The number of nitrogens with one attached hydrogen (secondary N) is 1. The molecule has 1 aliphatic heterocycles. The number of hydrogen-bond donors (Lipinski definition) is 1. The van der Waals surface area contributed by atoms with Crippen molar-refractivity contribution >= 4 is 18.4 Å². The van der Waals surface area contributed by atoms with Crippen LogP contribution < -0.4 is 5.32 Å². The van der Waals surface area contributed by atoms with Crippen molar-refractivity contribution in [1.29, 1.82) is 0 Å². The van der Waals surface area contributed by atoms with Gasteiger partial charge in [-0.15, -0.1) is 12.4 Å². The van der Waals surface area contributed by atoms with Crippen LogP contribution in [0.15, 0.2) is 12.1 Å². The fourth-order valence-corrected chi connectivity index (χ4v) is 1.77. The first-order valence-corrected chi connectivity index (χ1v) is 4.82. The van der Waals surface area contributed by atoms with Crippen LogP contribution in [-0.2, 0) is 17.7 Å². The summed E-state index contributed by atoms with van der Waals surface area (Å²) in [4.78, 5) is 11.2. The molecule has 0 amide bonds. The summed E-state index contributed by atoms with van der Waals surface area (Å²) in [6.07, 6.45) is 0.799. The number of esters is 1. The molecule has 0 radical (unpaired) electrons. The van der Waals surface area contributed by atoms with Crippen LogP contribution in [0.25, 0.3) is 0 Å². The van der Waals surface area contributed by atoms with Gasteiger partial charge in [0.15, 0.2) is 0 Å². The first-order valence-electron chi connectivity index (χ1n) is 4.82. The summed E-state index contributed by atoms with van der Waals surface area (Å²) in [5, 5.41) is 3.17. The van der Waals surface area contributed by atoms with E-state index in [4.69, 9.17) is 0 Å². The minimum atomic E-state index is -0.624. The summed E-state index contributed by atoms with van der Waals surface area (Å²) >= 11 is 0. The molecule has 0 fully saturated rings. The van der Waals surface area contributed by atoms with Crippen molar-refractivity contribution in [2.45, 2.75) is 13.0 Å². The second-order valence-corrected chi connectivity index (χ2v) is 3.52. The van der Waals surface area contributed by atoms with Crippen molar-refractivity contribution in [2.24, 2.45) is 0 Å². The number of hydrogen-bond acceptors (Lipinski definition) is 3. The number of carbonyl (C=O) groups is 1. The zero-order chi connectivity index (χ0) is 10.8. The molecular weight excluding hydrogens is 233 g/mol. The van der Waals surface area contributed by atoms with Crippen LogP contribution in [0.4, 0.5) is 4.39 Å². The van der Waals surface area contributed by atoms with Crippen LogP contribution in [0.1, 0.15) is 21.5 Å².